The summed E-state index contributed by atoms with van der Waals surface area (Å²) in [6.07, 6.45) is 1.88. The highest BCUT2D eigenvalue weighted by Crippen LogP contribution is 2.17. The third-order valence-electron chi connectivity index (χ3n) is 2.69. The summed E-state index contributed by atoms with van der Waals surface area (Å²) >= 11 is 6.93. The highest BCUT2D eigenvalue weighted by Gasteiger charge is 2.04. The maximum Gasteiger partial charge on any atom is 0.243 e. The largest absolute Gasteiger partial charge is 0.349 e. The van der Waals surface area contributed by atoms with Crippen LogP contribution in [0.3, 0.4) is 0 Å². The molecule has 96 valence electrons. The highest BCUT2D eigenvalue weighted by molar-refractivity contribution is 9.10. The van der Waals surface area contributed by atoms with Crippen molar-refractivity contribution < 1.29 is 0 Å². The number of hydrogen-bond acceptors (Lipinski definition) is 3. The molecule has 0 spiro atoms. The van der Waals surface area contributed by atoms with E-state index >= 15 is 0 Å². The molecule has 3 rings (SSSR count). The summed E-state index contributed by atoms with van der Waals surface area (Å²) in [5, 5.41) is 7.59. The Labute approximate surface area is 127 Å². The SMILES string of the molecule is Brc1ccc2nc(NCc3ccccc3Br)nn2c1. The van der Waals surface area contributed by atoms with Gasteiger partial charge >= 0.3 is 0 Å². The van der Waals surface area contributed by atoms with E-state index in [0.717, 1.165) is 14.6 Å². The maximum atomic E-state index is 4.40. The van der Waals surface area contributed by atoms with Crippen LogP contribution in [0.4, 0.5) is 5.95 Å². The molecule has 2 aromatic heterocycles. The standard InChI is InChI=1S/C13H10Br2N4/c14-10-5-6-12-17-13(18-19(12)8-10)16-7-9-3-1-2-4-11(9)15/h1-6,8H,7H2,(H,16,18). The smallest absolute Gasteiger partial charge is 0.243 e. The molecule has 0 atom stereocenters. The number of halogens is 2. The topological polar surface area (TPSA) is 42.2 Å². The van der Waals surface area contributed by atoms with Crippen molar-refractivity contribution in [3.05, 3.63) is 57.1 Å². The van der Waals surface area contributed by atoms with Gasteiger partial charge in [-0.25, -0.2) is 4.52 Å². The zero-order valence-electron chi connectivity index (χ0n) is 9.85. The number of benzene rings is 1. The predicted molar refractivity (Wildman–Crippen MR) is 82.2 cm³/mol. The van der Waals surface area contributed by atoms with Gasteiger partial charge in [0.15, 0.2) is 5.65 Å². The average Bonchev–Trinajstić information content (AvgIpc) is 2.79. The van der Waals surface area contributed by atoms with Gasteiger partial charge in [-0.3, -0.25) is 0 Å². The van der Waals surface area contributed by atoms with Gasteiger partial charge in [0, 0.05) is 21.7 Å². The summed E-state index contributed by atoms with van der Waals surface area (Å²) in [5.74, 6) is 0.619. The van der Waals surface area contributed by atoms with Crippen molar-refractivity contribution in [2.75, 3.05) is 5.32 Å². The second kappa shape index (κ2) is 5.30. The minimum Gasteiger partial charge on any atom is -0.349 e. The Balaban J connectivity index is 1.80. The van der Waals surface area contributed by atoms with Crippen LogP contribution in [0.2, 0.25) is 0 Å². The van der Waals surface area contributed by atoms with Gasteiger partial charge in [-0.1, -0.05) is 34.1 Å². The van der Waals surface area contributed by atoms with Crippen LogP contribution < -0.4 is 5.32 Å². The van der Waals surface area contributed by atoms with Crippen molar-refractivity contribution in [3.63, 3.8) is 0 Å². The summed E-state index contributed by atoms with van der Waals surface area (Å²) in [5.41, 5.74) is 1.99. The number of nitrogens with one attached hydrogen (secondary N) is 1. The molecular formula is C13H10Br2N4. The molecule has 0 fully saturated rings. The molecular weight excluding hydrogens is 372 g/mol. The van der Waals surface area contributed by atoms with Crippen molar-refractivity contribution in [1.82, 2.24) is 14.6 Å². The van der Waals surface area contributed by atoms with Gasteiger partial charge in [-0.15, -0.1) is 5.10 Å². The first-order valence-electron chi connectivity index (χ1n) is 5.71. The Kier molecular flexibility index (Phi) is 3.52. The van der Waals surface area contributed by atoms with E-state index in [2.05, 4.69) is 53.3 Å². The fourth-order valence-corrected chi connectivity index (χ4v) is 2.50. The van der Waals surface area contributed by atoms with Crippen molar-refractivity contribution in [2.24, 2.45) is 0 Å². The second-order valence-electron chi connectivity index (χ2n) is 4.03. The van der Waals surface area contributed by atoms with Gasteiger partial charge in [0.1, 0.15) is 0 Å². The minimum absolute atomic E-state index is 0.619. The molecule has 19 heavy (non-hydrogen) atoms. The van der Waals surface area contributed by atoms with E-state index in [1.165, 1.54) is 5.56 Å². The van der Waals surface area contributed by atoms with Crippen LogP contribution in [0.5, 0.6) is 0 Å². The lowest BCUT2D eigenvalue weighted by molar-refractivity contribution is 0.945. The third-order valence-corrected chi connectivity index (χ3v) is 3.93. The number of nitrogens with zero attached hydrogens (tertiary/aromatic N) is 3. The molecule has 0 saturated heterocycles. The molecule has 4 nitrogen and oxygen atoms in total. The second-order valence-corrected chi connectivity index (χ2v) is 5.80. The lowest BCUT2D eigenvalue weighted by Crippen LogP contribution is -2.01. The maximum absolute atomic E-state index is 4.40. The van der Waals surface area contributed by atoms with Crippen LogP contribution in [0.1, 0.15) is 5.56 Å². The van der Waals surface area contributed by atoms with Crippen LogP contribution in [-0.2, 0) is 6.54 Å². The fraction of sp³-hybridized carbons (Fsp3) is 0.0769. The van der Waals surface area contributed by atoms with Crippen LogP contribution >= 0.6 is 31.9 Å². The van der Waals surface area contributed by atoms with Gasteiger partial charge < -0.3 is 5.32 Å². The first-order valence-corrected chi connectivity index (χ1v) is 7.30. The van der Waals surface area contributed by atoms with E-state index in [9.17, 15) is 0 Å². The Morgan fingerprint density at radius 1 is 1.11 bits per heavy atom. The van der Waals surface area contributed by atoms with Gasteiger partial charge in [0.2, 0.25) is 5.95 Å². The molecule has 0 saturated carbocycles. The van der Waals surface area contributed by atoms with Crippen LogP contribution in [-0.4, -0.2) is 14.6 Å². The summed E-state index contributed by atoms with van der Waals surface area (Å²) in [4.78, 5) is 4.40. The molecule has 3 aromatic rings. The molecule has 0 unspecified atom stereocenters. The Morgan fingerprint density at radius 2 is 1.95 bits per heavy atom. The van der Waals surface area contributed by atoms with E-state index in [0.29, 0.717) is 12.5 Å². The zero-order chi connectivity index (χ0) is 13.2. The van der Waals surface area contributed by atoms with Crippen molar-refractivity contribution >= 4 is 43.5 Å². The zero-order valence-corrected chi connectivity index (χ0v) is 13.0. The highest BCUT2D eigenvalue weighted by atomic mass is 79.9. The Bertz CT molecular complexity index is 723. The number of fused-ring (bicyclic) bond motifs is 1. The molecule has 0 aliphatic carbocycles. The number of hydrogen-bond donors (Lipinski definition) is 1. The number of aromatic nitrogens is 3. The molecule has 0 radical (unpaired) electrons. The summed E-state index contributed by atoms with van der Waals surface area (Å²) in [6, 6.07) is 11.9. The molecule has 0 bridgehead atoms. The van der Waals surface area contributed by atoms with E-state index in [1.807, 2.05) is 36.5 Å². The third kappa shape index (κ3) is 2.79. The molecule has 2 heterocycles. The van der Waals surface area contributed by atoms with Gasteiger partial charge in [0.25, 0.3) is 0 Å². The van der Waals surface area contributed by atoms with Crippen LogP contribution in [0, 0.1) is 0 Å². The van der Waals surface area contributed by atoms with Crippen molar-refractivity contribution in [2.45, 2.75) is 6.54 Å². The minimum atomic E-state index is 0.619. The van der Waals surface area contributed by atoms with Gasteiger partial charge in [-0.05, 0) is 39.7 Å². The first-order chi connectivity index (χ1) is 9.22. The number of pyridine rings is 1. The van der Waals surface area contributed by atoms with Crippen molar-refractivity contribution in [1.29, 1.82) is 0 Å². The predicted octanol–water partition coefficient (Wildman–Crippen LogP) is 3.87. The van der Waals surface area contributed by atoms with Gasteiger partial charge in [0.05, 0.1) is 0 Å². The fourth-order valence-electron chi connectivity index (χ4n) is 1.75. The van der Waals surface area contributed by atoms with E-state index in [1.54, 1.807) is 4.52 Å². The van der Waals surface area contributed by atoms with E-state index < -0.39 is 0 Å². The van der Waals surface area contributed by atoms with Crippen LogP contribution in [0.25, 0.3) is 5.65 Å². The lowest BCUT2D eigenvalue weighted by atomic mass is 10.2. The molecule has 0 aliphatic heterocycles. The van der Waals surface area contributed by atoms with E-state index in [4.69, 9.17) is 0 Å². The first kappa shape index (κ1) is 12.6. The summed E-state index contributed by atoms with van der Waals surface area (Å²) in [6.45, 7) is 0.680. The molecule has 0 aliphatic rings. The Morgan fingerprint density at radius 3 is 2.79 bits per heavy atom. The lowest BCUT2D eigenvalue weighted by Gasteiger charge is -2.03. The molecule has 0 amide bonds. The number of rotatable bonds is 3. The molecule has 6 heteroatoms. The normalized spacial score (nSPS) is 10.8. The van der Waals surface area contributed by atoms with Gasteiger partial charge in [-0.2, -0.15) is 4.98 Å². The van der Waals surface area contributed by atoms with Crippen LogP contribution in [0.15, 0.2) is 51.5 Å². The summed E-state index contributed by atoms with van der Waals surface area (Å²) < 4.78 is 3.79. The van der Waals surface area contributed by atoms with Crippen molar-refractivity contribution in [3.8, 4) is 0 Å². The molecule has 1 aromatic carbocycles. The quantitative estimate of drug-likeness (QED) is 0.748. The number of anilines is 1. The molecule has 1 N–H and O–H groups in total. The monoisotopic (exact) mass is 380 g/mol. The van der Waals surface area contributed by atoms with E-state index in [-0.39, 0.29) is 0 Å². The Hall–Kier alpha value is -1.40. The average molecular weight is 382 g/mol. The summed E-state index contributed by atoms with van der Waals surface area (Å²) in [7, 11) is 0.